The molecule has 3 saturated heterocycles. The van der Waals surface area contributed by atoms with Gasteiger partial charge in [-0.3, -0.25) is 4.79 Å². The highest BCUT2D eigenvalue weighted by atomic mass is 16.2. The molecule has 124 valence electrons. The lowest BCUT2D eigenvalue weighted by molar-refractivity contribution is -0.132. The van der Waals surface area contributed by atoms with Crippen LogP contribution in [0.4, 0.5) is 5.69 Å². The van der Waals surface area contributed by atoms with Gasteiger partial charge in [-0.05, 0) is 43.7 Å². The van der Waals surface area contributed by atoms with Gasteiger partial charge in [0.2, 0.25) is 5.91 Å². The quantitative estimate of drug-likeness (QED) is 0.930. The van der Waals surface area contributed by atoms with Crippen LogP contribution in [0.5, 0.6) is 0 Å². The number of para-hydroxylation sites is 1. The molecule has 1 amide bonds. The van der Waals surface area contributed by atoms with Crippen LogP contribution >= 0.6 is 0 Å². The molecule has 3 heterocycles. The Hall–Kier alpha value is -1.55. The Morgan fingerprint density at radius 3 is 2.30 bits per heavy atom. The summed E-state index contributed by atoms with van der Waals surface area (Å²) >= 11 is 0. The highest BCUT2D eigenvalue weighted by molar-refractivity contribution is 5.76. The van der Waals surface area contributed by atoms with Crippen LogP contribution in [0, 0.1) is 5.92 Å². The molecule has 4 nitrogen and oxygen atoms in total. The van der Waals surface area contributed by atoms with Crippen molar-refractivity contribution in [2.24, 2.45) is 5.92 Å². The molecule has 0 radical (unpaired) electrons. The van der Waals surface area contributed by atoms with Crippen molar-refractivity contribution in [3.63, 3.8) is 0 Å². The summed E-state index contributed by atoms with van der Waals surface area (Å²) in [7, 11) is 0. The zero-order valence-electron chi connectivity index (χ0n) is 13.8. The lowest BCUT2D eigenvalue weighted by atomic mass is 9.89. The van der Waals surface area contributed by atoms with E-state index in [0.29, 0.717) is 23.9 Å². The van der Waals surface area contributed by atoms with E-state index < -0.39 is 0 Å². The lowest BCUT2D eigenvalue weighted by Gasteiger charge is -2.37. The Labute approximate surface area is 138 Å². The van der Waals surface area contributed by atoms with Crippen molar-refractivity contribution in [3.05, 3.63) is 30.3 Å². The number of hydrogen-bond donors (Lipinski definition) is 1. The molecule has 1 aromatic rings. The molecule has 1 aromatic carbocycles. The third kappa shape index (κ3) is 3.37. The number of anilines is 1. The third-order valence-electron chi connectivity index (χ3n) is 5.79. The normalized spacial score (nSPS) is 30.5. The first-order valence-corrected chi connectivity index (χ1v) is 9.12. The van der Waals surface area contributed by atoms with Crippen LogP contribution in [-0.4, -0.2) is 49.1 Å². The van der Waals surface area contributed by atoms with Crippen LogP contribution in [0.25, 0.3) is 0 Å². The van der Waals surface area contributed by atoms with Gasteiger partial charge in [-0.15, -0.1) is 0 Å². The second kappa shape index (κ2) is 6.52. The van der Waals surface area contributed by atoms with Crippen molar-refractivity contribution >= 4 is 11.6 Å². The number of rotatable bonds is 3. The average molecular weight is 313 g/mol. The van der Waals surface area contributed by atoms with Crippen molar-refractivity contribution in [2.45, 2.75) is 44.2 Å². The zero-order valence-corrected chi connectivity index (χ0v) is 13.8. The minimum absolute atomic E-state index is 0.379. The molecule has 3 aliphatic heterocycles. The number of piperazine rings is 1. The first kappa shape index (κ1) is 15.0. The largest absolute Gasteiger partial charge is 0.368 e. The van der Waals surface area contributed by atoms with E-state index >= 15 is 0 Å². The fraction of sp³-hybridized carbons (Fsp3) is 0.632. The van der Waals surface area contributed by atoms with Gasteiger partial charge in [-0.2, -0.15) is 0 Å². The molecular weight excluding hydrogens is 286 g/mol. The van der Waals surface area contributed by atoms with E-state index in [2.05, 4.69) is 45.4 Å². The predicted molar refractivity (Wildman–Crippen MR) is 92.5 cm³/mol. The topological polar surface area (TPSA) is 35.6 Å². The highest BCUT2D eigenvalue weighted by Gasteiger charge is 2.35. The van der Waals surface area contributed by atoms with Gasteiger partial charge < -0.3 is 15.1 Å². The zero-order chi connectivity index (χ0) is 15.6. The minimum Gasteiger partial charge on any atom is -0.368 e. The fourth-order valence-corrected chi connectivity index (χ4v) is 4.57. The second-order valence-electron chi connectivity index (χ2n) is 7.38. The number of amides is 1. The third-order valence-corrected chi connectivity index (χ3v) is 5.79. The summed E-state index contributed by atoms with van der Waals surface area (Å²) in [6, 6.07) is 11.9. The van der Waals surface area contributed by atoms with E-state index in [-0.39, 0.29) is 0 Å². The van der Waals surface area contributed by atoms with Gasteiger partial charge in [0.25, 0.3) is 0 Å². The SMILES string of the molecule is O=C(CC1CC2CCC(C1)N2)N1CCN(c2ccccc2)CC1. The van der Waals surface area contributed by atoms with Crippen LogP contribution in [0.3, 0.4) is 0 Å². The average Bonchev–Trinajstić information content (AvgIpc) is 2.94. The van der Waals surface area contributed by atoms with Gasteiger partial charge in [0.05, 0.1) is 0 Å². The number of benzene rings is 1. The molecule has 0 spiro atoms. The molecule has 23 heavy (non-hydrogen) atoms. The van der Waals surface area contributed by atoms with Gasteiger partial charge in [0.15, 0.2) is 0 Å². The fourth-order valence-electron chi connectivity index (χ4n) is 4.57. The lowest BCUT2D eigenvalue weighted by Crippen LogP contribution is -2.49. The minimum atomic E-state index is 0.379. The van der Waals surface area contributed by atoms with E-state index in [9.17, 15) is 4.79 Å². The smallest absolute Gasteiger partial charge is 0.222 e. The maximum Gasteiger partial charge on any atom is 0.222 e. The molecule has 0 aliphatic carbocycles. The Kier molecular flexibility index (Phi) is 4.25. The van der Waals surface area contributed by atoms with Crippen LogP contribution in [-0.2, 0) is 4.79 Å². The Balaban J connectivity index is 1.27. The molecule has 1 N–H and O–H groups in total. The number of nitrogens with zero attached hydrogens (tertiary/aromatic N) is 2. The van der Waals surface area contributed by atoms with Gasteiger partial charge in [0.1, 0.15) is 0 Å². The Bertz CT molecular complexity index is 527. The monoisotopic (exact) mass is 313 g/mol. The predicted octanol–water partition coefficient (Wildman–Crippen LogP) is 2.26. The van der Waals surface area contributed by atoms with Crippen LogP contribution in [0.1, 0.15) is 32.1 Å². The summed E-state index contributed by atoms with van der Waals surface area (Å²) in [4.78, 5) is 17.1. The molecule has 4 heteroatoms. The van der Waals surface area contributed by atoms with Crippen molar-refractivity contribution in [2.75, 3.05) is 31.1 Å². The van der Waals surface area contributed by atoms with Gasteiger partial charge in [-0.25, -0.2) is 0 Å². The van der Waals surface area contributed by atoms with Gasteiger partial charge >= 0.3 is 0 Å². The van der Waals surface area contributed by atoms with Crippen molar-refractivity contribution in [1.29, 1.82) is 0 Å². The molecule has 2 bridgehead atoms. The molecule has 0 aromatic heterocycles. The van der Waals surface area contributed by atoms with Crippen molar-refractivity contribution < 1.29 is 4.79 Å². The van der Waals surface area contributed by atoms with E-state index in [1.54, 1.807) is 0 Å². The van der Waals surface area contributed by atoms with E-state index in [4.69, 9.17) is 0 Å². The van der Waals surface area contributed by atoms with Crippen molar-refractivity contribution in [3.8, 4) is 0 Å². The molecule has 3 fully saturated rings. The summed E-state index contributed by atoms with van der Waals surface area (Å²) in [6.07, 6.45) is 5.79. The summed E-state index contributed by atoms with van der Waals surface area (Å²) in [5.41, 5.74) is 1.27. The maximum atomic E-state index is 12.6. The van der Waals surface area contributed by atoms with Crippen LogP contribution in [0.15, 0.2) is 30.3 Å². The van der Waals surface area contributed by atoms with E-state index in [1.165, 1.54) is 31.4 Å². The first-order chi connectivity index (χ1) is 11.3. The molecule has 2 unspecified atom stereocenters. The van der Waals surface area contributed by atoms with Crippen molar-refractivity contribution in [1.82, 2.24) is 10.2 Å². The number of nitrogens with one attached hydrogen (secondary N) is 1. The molecule has 0 saturated carbocycles. The molecular formula is C19H27N3O. The summed E-state index contributed by atoms with van der Waals surface area (Å²) < 4.78 is 0. The van der Waals surface area contributed by atoms with E-state index in [0.717, 1.165) is 32.6 Å². The second-order valence-corrected chi connectivity index (χ2v) is 7.38. The molecule has 2 atom stereocenters. The summed E-state index contributed by atoms with van der Waals surface area (Å²) in [5, 5.41) is 3.67. The first-order valence-electron chi connectivity index (χ1n) is 9.12. The highest BCUT2D eigenvalue weighted by Crippen LogP contribution is 2.33. The van der Waals surface area contributed by atoms with Gasteiger partial charge in [-0.1, -0.05) is 18.2 Å². The van der Waals surface area contributed by atoms with Crippen LogP contribution in [0.2, 0.25) is 0 Å². The van der Waals surface area contributed by atoms with Crippen LogP contribution < -0.4 is 10.2 Å². The number of carbonyl (C=O) groups excluding carboxylic acids is 1. The molecule has 3 aliphatic rings. The maximum absolute atomic E-state index is 12.6. The standard InChI is InChI=1S/C19H27N3O/c23-19(14-15-12-16-6-7-17(13-15)20-16)22-10-8-21(9-11-22)18-4-2-1-3-5-18/h1-5,15-17,20H,6-14H2. The van der Waals surface area contributed by atoms with Gasteiger partial charge in [0, 0.05) is 50.4 Å². The number of hydrogen-bond acceptors (Lipinski definition) is 3. The Morgan fingerprint density at radius 1 is 1.00 bits per heavy atom. The summed E-state index contributed by atoms with van der Waals surface area (Å²) in [5.74, 6) is 0.984. The number of piperidine rings is 1. The number of fused-ring (bicyclic) bond motifs is 2. The summed E-state index contributed by atoms with van der Waals surface area (Å²) in [6.45, 7) is 3.64. The van der Waals surface area contributed by atoms with E-state index in [1.807, 2.05) is 0 Å². The number of carbonyl (C=O) groups is 1. The Morgan fingerprint density at radius 2 is 1.65 bits per heavy atom. The molecule has 4 rings (SSSR count).